The van der Waals surface area contributed by atoms with Crippen molar-refractivity contribution >= 4 is 11.6 Å². The number of guanidine groups is 1. The molecule has 0 bridgehead atoms. The zero-order valence-corrected chi connectivity index (χ0v) is 13.9. The largest absolute Gasteiger partial charge is 0.370 e. The van der Waals surface area contributed by atoms with Gasteiger partial charge < -0.3 is 16.0 Å². The van der Waals surface area contributed by atoms with Gasteiger partial charge in [-0.05, 0) is 30.5 Å². The number of rotatable bonds is 4. The number of anilines is 1. The Morgan fingerprint density at radius 3 is 2.61 bits per heavy atom. The van der Waals surface area contributed by atoms with E-state index < -0.39 is 0 Å². The SMILES string of the molecule is NC(=NCc1cccc(N2CC=CC2)c1)NC1CCCCCC1. The third-order valence-electron chi connectivity index (χ3n) is 4.73. The number of nitrogens with one attached hydrogen (secondary N) is 1. The van der Waals surface area contributed by atoms with Crippen LogP contribution in [0.5, 0.6) is 0 Å². The molecule has 1 aromatic carbocycles. The second-order valence-electron chi connectivity index (χ2n) is 6.58. The number of nitrogens with two attached hydrogens (primary N) is 1. The average Bonchev–Trinajstić information content (AvgIpc) is 2.99. The maximum atomic E-state index is 6.08. The quantitative estimate of drug-likeness (QED) is 0.388. The molecule has 1 aliphatic heterocycles. The van der Waals surface area contributed by atoms with E-state index in [2.05, 4.69) is 51.6 Å². The summed E-state index contributed by atoms with van der Waals surface area (Å²) in [5.41, 5.74) is 8.55. The molecule has 1 fully saturated rings. The monoisotopic (exact) mass is 312 g/mol. The van der Waals surface area contributed by atoms with Gasteiger partial charge in [0.15, 0.2) is 5.96 Å². The van der Waals surface area contributed by atoms with E-state index in [1.807, 2.05) is 0 Å². The molecule has 1 aromatic rings. The van der Waals surface area contributed by atoms with Crippen LogP contribution in [0.25, 0.3) is 0 Å². The van der Waals surface area contributed by atoms with Crippen molar-refractivity contribution in [2.24, 2.45) is 10.7 Å². The van der Waals surface area contributed by atoms with E-state index in [-0.39, 0.29) is 0 Å². The third-order valence-corrected chi connectivity index (χ3v) is 4.73. The molecular formula is C19H28N4. The minimum Gasteiger partial charge on any atom is -0.370 e. The van der Waals surface area contributed by atoms with Crippen molar-refractivity contribution in [2.45, 2.75) is 51.1 Å². The highest BCUT2D eigenvalue weighted by molar-refractivity contribution is 5.78. The lowest BCUT2D eigenvalue weighted by molar-refractivity contribution is 0.530. The molecule has 3 rings (SSSR count). The van der Waals surface area contributed by atoms with Crippen LogP contribution in [0.2, 0.25) is 0 Å². The van der Waals surface area contributed by atoms with Gasteiger partial charge in [-0.2, -0.15) is 0 Å². The van der Waals surface area contributed by atoms with Crippen LogP contribution < -0.4 is 16.0 Å². The molecule has 2 aliphatic rings. The van der Waals surface area contributed by atoms with Gasteiger partial charge >= 0.3 is 0 Å². The number of benzene rings is 1. The van der Waals surface area contributed by atoms with Gasteiger partial charge in [-0.3, -0.25) is 0 Å². The van der Waals surface area contributed by atoms with Crippen molar-refractivity contribution in [2.75, 3.05) is 18.0 Å². The van der Waals surface area contributed by atoms with Gasteiger partial charge in [0.2, 0.25) is 0 Å². The smallest absolute Gasteiger partial charge is 0.189 e. The predicted molar refractivity (Wildman–Crippen MR) is 97.7 cm³/mol. The van der Waals surface area contributed by atoms with E-state index >= 15 is 0 Å². The van der Waals surface area contributed by atoms with Crippen molar-refractivity contribution in [3.8, 4) is 0 Å². The first-order valence-electron chi connectivity index (χ1n) is 8.86. The fourth-order valence-electron chi connectivity index (χ4n) is 3.40. The van der Waals surface area contributed by atoms with Gasteiger partial charge in [-0.25, -0.2) is 4.99 Å². The molecule has 3 N–H and O–H groups in total. The summed E-state index contributed by atoms with van der Waals surface area (Å²) >= 11 is 0. The van der Waals surface area contributed by atoms with Crippen LogP contribution in [0.4, 0.5) is 5.69 Å². The molecule has 0 amide bonds. The molecule has 0 atom stereocenters. The van der Waals surface area contributed by atoms with Crippen molar-refractivity contribution in [1.82, 2.24) is 5.32 Å². The molecule has 0 aromatic heterocycles. The molecule has 4 heteroatoms. The Morgan fingerprint density at radius 2 is 1.87 bits per heavy atom. The summed E-state index contributed by atoms with van der Waals surface area (Å²) in [4.78, 5) is 6.88. The molecule has 1 heterocycles. The molecule has 0 unspecified atom stereocenters. The Morgan fingerprint density at radius 1 is 1.13 bits per heavy atom. The van der Waals surface area contributed by atoms with Crippen LogP contribution in [-0.2, 0) is 6.54 Å². The third kappa shape index (κ3) is 4.75. The zero-order valence-electron chi connectivity index (χ0n) is 13.9. The summed E-state index contributed by atoms with van der Waals surface area (Å²) in [6.45, 7) is 2.64. The lowest BCUT2D eigenvalue weighted by Crippen LogP contribution is -2.39. The van der Waals surface area contributed by atoms with Crippen molar-refractivity contribution in [3.63, 3.8) is 0 Å². The topological polar surface area (TPSA) is 53.6 Å². The fraction of sp³-hybridized carbons (Fsp3) is 0.526. The molecule has 1 saturated carbocycles. The van der Waals surface area contributed by atoms with E-state index in [4.69, 9.17) is 5.73 Å². The predicted octanol–water partition coefficient (Wildman–Crippen LogP) is 3.19. The van der Waals surface area contributed by atoms with Crippen LogP contribution in [-0.4, -0.2) is 25.1 Å². The highest BCUT2D eigenvalue weighted by atomic mass is 15.1. The summed E-state index contributed by atoms with van der Waals surface area (Å²) in [7, 11) is 0. The minimum absolute atomic E-state index is 0.503. The summed E-state index contributed by atoms with van der Waals surface area (Å²) in [5, 5.41) is 3.41. The van der Waals surface area contributed by atoms with Crippen LogP contribution >= 0.6 is 0 Å². The van der Waals surface area contributed by atoms with Crippen LogP contribution in [0.15, 0.2) is 41.4 Å². The van der Waals surface area contributed by atoms with Gasteiger partial charge in [0.1, 0.15) is 0 Å². The summed E-state index contributed by atoms with van der Waals surface area (Å²) < 4.78 is 0. The Hall–Kier alpha value is -1.97. The lowest BCUT2D eigenvalue weighted by Gasteiger charge is -2.18. The molecular weight excluding hydrogens is 284 g/mol. The summed E-state index contributed by atoms with van der Waals surface area (Å²) in [6.07, 6.45) is 12.2. The maximum Gasteiger partial charge on any atom is 0.189 e. The molecule has 0 radical (unpaired) electrons. The molecule has 0 saturated heterocycles. The van der Waals surface area contributed by atoms with Crippen LogP contribution in [0.1, 0.15) is 44.1 Å². The Kier molecular flexibility index (Phi) is 5.56. The Labute approximate surface area is 139 Å². The zero-order chi connectivity index (χ0) is 15.9. The van der Waals surface area contributed by atoms with E-state index in [0.717, 1.165) is 13.1 Å². The van der Waals surface area contributed by atoms with Crippen molar-refractivity contribution in [3.05, 3.63) is 42.0 Å². The number of nitrogens with zero attached hydrogens (tertiary/aromatic N) is 2. The highest BCUT2D eigenvalue weighted by Gasteiger charge is 2.12. The summed E-state index contributed by atoms with van der Waals surface area (Å²) in [5.74, 6) is 0.588. The Bertz CT molecular complexity index is 548. The molecule has 1 aliphatic carbocycles. The first-order valence-corrected chi connectivity index (χ1v) is 8.86. The van der Waals surface area contributed by atoms with Gasteiger partial charge in [0.05, 0.1) is 6.54 Å². The van der Waals surface area contributed by atoms with Crippen LogP contribution in [0, 0.1) is 0 Å². The number of hydrogen-bond donors (Lipinski definition) is 2. The van der Waals surface area contributed by atoms with Gasteiger partial charge in [-0.1, -0.05) is 50.0 Å². The van der Waals surface area contributed by atoms with E-state index in [0.29, 0.717) is 18.5 Å². The lowest BCUT2D eigenvalue weighted by atomic mass is 10.1. The summed E-state index contributed by atoms with van der Waals surface area (Å²) in [6, 6.07) is 9.11. The maximum absolute atomic E-state index is 6.08. The van der Waals surface area contributed by atoms with Gasteiger partial charge in [-0.15, -0.1) is 0 Å². The number of hydrogen-bond acceptors (Lipinski definition) is 2. The molecule has 23 heavy (non-hydrogen) atoms. The minimum atomic E-state index is 0.503. The van der Waals surface area contributed by atoms with E-state index in [1.54, 1.807) is 0 Å². The van der Waals surface area contributed by atoms with Crippen molar-refractivity contribution in [1.29, 1.82) is 0 Å². The Balaban J connectivity index is 1.54. The van der Waals surface area contributed by atoms with Crippen LogP contribution in [0.3, 0.4) is 0 Å². The first-order chi connectivity index (χ1) is 11.3. The van der Waals surface area contributed by atoms with E-state index in [9.17, 15) is 0 Å². The van der Waals surface area contributed by atoms with Gasteiger partial charge in [0, 0.05) is 24.8 Å². The standard InChI is InChI=1S/C19H28N4/c20-19(22-17-9-3-1-2-4-10-17)21-15-16-8-7-11-18(14-16)23-12-5-6-13-23/h5-8,11,14,17H,1-4,9-10,12-13,15H2,(H3,20,21,22). The first kappa shape index (κ1) is 15.9. The molecule has 0 spiro atoms. The highest BCUT2D eigenvalue weighted by Crippen LogP contribution is 2.19. The van der Waals surface area contributed by atoms with E-state index in [1.165, 1.54) is 49.8 Å². The second kappa shape index (κ2) is 8.04. The molecule has 124 valence electrons. The van der Waals surface area contributed by atoms with Gasteiger partial charge in [0.25, 0.3) is 0 Å². The normalized spacial score (nSPS) is 19.8. The fourth-order valence-corrected chi connectivity index (χ4v) is 3.40. The van der Waals surface area contributed by atoms with Crippen molar-refractivity contribution < 1.29 is 0 Å². The average molecular weight is 312 g/mol. The number of aliphatic imine (C=N–C) groups is 1. The molecule has 4 nitrogen and oxygen atoms in total. The second-order valence-corrected chi connectivity index (χ2v) is 6.58.